The van der Waals surface area contributed by atoms with E-state index < -0.39 is 28.0 Å². The Morgan fingerprint density at radius 3 is 2.61 bits per heavy atom. The molecule has 0 radical (unpaired) electrons. The van der Waals surface area contributed by atoms with Crippen LogP contribution in [0.15, 0.2) is 4.52 Å². The van der Waals surface area contributed by atoms with Crippen molar-refractivity contribution in [1.29, 1.82) is 0 Å². The summed E-state index contributed by atoms with van der Waals surface area (Å²) in [5, 5.41) is 3.67. The lowest BCUT2D eigenvalue weighted by Gasteiger charge is -2.38. The SMILES string of the molecule is Cc1noc([C@H]2CN(S(=O)(=O)CC3CC(F)(F)C3)C[C@@H](C)O2)n1. The first-order chi connectivity index (χ1) is 10.6. The molecule has 10 heteroatoms. The van der Waals surface area contributed by atoms with E-state index in [9.17, 15) is 17.2 Å². The van der Waals surface area contributed by atoms with Crippen LogP contribution in [-0.2, 0) is 14.8 Å². The van der Waals surface area contributed by atoms with E-state index in [2.05, 4.69) is 10.1 Å². The summed E-state index contributed by atoms with van der Waals surface area (Å²) in [6, 6.07) is 0. The highest BCUT2D eigenvalue weighted by Gasteiger charge is 2.48. The van der Waals surface area contributed by atoms with E-state index in [4.69, 9.17) is 9.26 Å². The number of alkyl halides is 2. The average molecular weight is 351 g/mol. The van der Waals surface area contributed by atoms with Crippen molar-refractivity contribution in [2.75, 3.05) is 18.8 Å². The van der Waals surface area contributed by atoms with Crippen LogP contribution in [0.1, 0.15) is 37.6 Å². The molecule has 0 unspecified atom stereocenters. The smallest absolute Gasteiger partial charge is 0.257 e. The van der Waals surface area contributed by atoms with Crippen molar-refractivity contribution in [3.63, 3.8) is 0 Å². The number of ether oxygens (including phenoxy) is 1. The van der Waals surface area contributed by atoms with Crippen LogP contribution >= 0.6 is 0 Å². The van der Waals surface area contributed by atoms with E-state index in [-0.39, 0.29) is 43.7 Å². The van der Waals surface area contributed by atoms with Crippen LogP contribution in [0.2, 0.25) is 0 Å². The van der Waals surface area contributed by atoms with Crippen LogP contribution in [0.3, 0.4) is 0 Å². The quantitative estimate of drug-likeness (QED) is 0.817. The van der Waals surface area contributed by atoms with E-state index in [1.54, 1.807) is 13.8 Å². The normalized spacial score (nSPS) is 29.4. The van der Waals surface area contributed by atoms with Gasteiger partial charge in [-0.1, -0.05) is 5.16 Å². The van der Waals surface area contributed by atoms with E-state index in [1.165, 1.54) is 4.31 Å². The number of morpholine rings is 1. The first kappa shape index (κ1) is 16.7. The third kappa shape index (κ3) is 3.69. The zero-order valence-corrected chi connectivity index (χ0v) is 13.7. The van der Waals surface area contributed by atoms with Gasteiger partial charge < -0.3 is 9.26 Å². The molecule has 1 saturated heterocycles. The highest BCUT2D eigenvalue weighted by atomic mass is 32.2. The lowest BCUT2D eigenvalue weighted by Crippen LogP contribution is -2.49. The fraction of sp³-hybridized carbons (Fsp3) is 0.846. The van der Waals surface area contributed by atoms with Crippen molar-refractivity contribution in [3.8, 4) is 0 Å². The van der Waals surface area contributed by atoms with Crippen molar-refractivity contribution in [3.05, 3.63) is 11.7 Å². The topological polar surface area (TPSA) is 85.5 Å². The molecule has 7 nitrogen and oxygen atoms in total. The van der Waals surface area contributed by atoms with Crippen LogP contribution in [0.25, 0.3) is 0 Å². The van der Waals surface area contributed by atoms with E-state index in [0.717, 1.165) is 0 Å². The van der Waals surface area contributed by atoms with E-state index >= 15 is 0 Å². The molecule has 2 heterocycles. The number of hydrogen-bond donors (Lipinski definition) is 0. The molecule has 3 rings (SSSR count). The minimum Gasteiger partial charge on any atom is -0.363 e. The number of nitrogens with zero attached hydrogens (tertiary/aromatic N) is 3. The Kier molecular flexibility index (Phi) is 4.18. The van der Waals surface area contributed by atoms with Crippen molar-refractivity contribution < 1.29 is 26.5 Å². The van der Waals surface area contributed by atoms with Gasteiger partial charge in [-0.25, -0.2) is 17.2 Å². The Labute approximate surface area is 133 Å². The molecule has 1 saturated carbocycles. The predicted octanol–water partition coefficient (Wildman–Crippen LogP) is 1.51. The van der Waals surface area contributed by atoms with Gasteiger partial charge in [-0.15, -0.1) is 0 Å². The molecule has 2 fully saturated rings. The molecule has 0 aromatic carbocycles. The summed E-state index contributed by atoms with van der Waals surface area (Å²) in [6.45, 7) is 3.65. The molecule has 0 amide bonds. The van der Waals surface area contributed by atoms with Crippen molar-refractivity contribution >= 4 is 10.0 Å². The number of aromatic nitrogens is 2. The fourth-order valence-electron chi connectivity index (χ4n) is 3.03. The molecule has 2 atom stereocenters. The maximum atomic E-state index is 12.9. The summed E-state index contributed by atoms with van der Waals surface area (Å²) < 4.78 is 62.8. The fourth-order valence-corrected chi connectivity index (χ4v) is 4.87. The van der Waals surface area contributed by atoms with Gasteiger partial charge >= 0.3 is 0 Å². The lowest BCUT2D eigenvalue weighted by molar-refractivity contribution is -0.104. The lowest BCUT2D eigenvalue weighted by atomic mass is 9.83. The second-order valence-corrected chi connectivity index (χ2v) is 8.35. The van der Waals surface area contributed by atoms with Gasteiger partial charge in [0.2, 0.25) is 15.9 Å². The maximum absolute atomic E-state index is 12.9. The minimum absolute atomic E-state index is 0.0530. The molecule has 0 bridgehead atoms. The van der Waals surface area contributed by atoms with Gasteiger partial charge in [0.25, 0.3) is 5.89 Å². The number of aryl methyl sites for hydroxylation is 1. The number of hydrogen-bond acceptors (Lipinski definition) is 6. The van der Waals surface area contributed by atoms with Crippen LogP contribution in [0.5, 0.6) is 0 Å². The molecule has 2 aliphatic rings. The standard InChI is InChI=1S/C13H19F2N3O4S/c1-8-5-18(6-11(21-8)12-16-9(2)17-22-12)23(19,20)7-10-3-13(14,15)4-10/h8,10-11H,3-7H2,1-2H3/t8-,11-/m1/s1. The number of rotatable bonds is 4. The summed E-state index contributed by atoms with van der Waals surface area (Å²) in [7, 11) is -3.63. The maximum Gasteiger partial charge on any atom is 0.257 e. The second kappa shape index (κ2) is 5.75. The molecule has 1 aromatic heterocycles. The number of sulfonamides is 1. The first-order valence-electron chi connectivity index (χ1n) is 7.46. The Morgan fingerprint density at radius 2 is 2.04 bits per heavy atom. The summed E-state index contributed by atoms with van der Waals surface area (Å²) in [5.74, 6) is -2.80. The molecule has 0 spiro atoms. The summed E-state index contributed by atoms with van der Waals surface area (Å²) >= 11 is 0. The van der Waals surface area contributed by atoms with Gasteiger partial charge in [0.05, 0.1) is 11.9 Å². The van der Waals surface area contributed by atoms with Crippen LogP contribution < -0.4 is 0 Å². The molecule has 1 aliphatic carbocycles. The molecule has 0 N–H and O–H groups in total. The first-order valence-corrected chi connectivity index (χ1v) is 9.07. The molecule has 130 valence electrons. The van der Waals surface area contributed by atoms with E-state index in [0.29, 0.717) is 5.82 Å². The Morgan fingerprint density at radius 1 is 1.35 bits per heavy atom. The van der Waals surface area contributed by atoms with Gasteiger partial charge in [-0.3, -0.25) is 0 Å². The van der Waals surface area contributed by atoms with Crippen LogP contribution in [-0.4, -0.2) is 53.7 Å². The van der Waals surface area contributed by atoms with Gasteiger partial charge in [-0.2, -0.15) is 9.29 Å². The van der Waals surface area contributed by atoms with Crippen molar-refractivity contribution in [2.24, 2.45) is 5.92 Å². The van der Waals surface area contributed by atoms with E-state index in [1.807, 2.05) is 0 Å². The Bertz CT molecular complexity index is 671. The Hall–Kier alpha value is -1.13. The third-order valence-electron chi connectivity index (χ3n) is 4.06. The van der Waals surface area contributed by atoms with Gasteiger partial charge in [0.15, 0.2) is 11.9 Å². The molecule has 23 heavy (non-hydrogen) atoms. The average Bonchev–Trinajstić information content (AvgIpc) is 2.82. The predicted molar refractivity (Wildman–Crippen MR) is 75.4 cm³/mol. The zero-order valence-electron chi connectivity index (χ0n) is 12.9. The van der Waals surface area contributed by atoms with Gasteiger partial charge in [-0.05, 0) is 19.8 Å². The monoisotopic (exact) mass is 351 g/mol. The highest BCUT2D eigenvalue weighted by Crippen LogP contribution is 2.43. The van der Waals surface area contributed by atoms with Crippen molar-refractivity contribution in [2.45, 2.75) is 44.8 Å². The summed E-state index contributed by atoms with van der Waals surface area (Å²) in [4.78, 5) is 4.07. The minimum atomic E-state index is -3.63. The largest absolute Gasteiger partial charge is 0.363 e. The highest BCUT2D eigenvalue weighted by molar-refractivity contribution is 7.89. The summed E-state index contributed by atoms with van der Waals surface area (Å²) in [5.41, 5.74) is 0. The Balaban J connectivity index is 1.68. The van der Waals surface area contributed by atoms with Crippen LogP contribution in [0.4, 0.5) is 8.78 Å². The summed E-state index contributed by atoms with van der Waals surface area (Å²) in [6.07, 6.45) is -1.72. The van der Waals surface area contributed by atoms with Gasteiger partial charge in [0, 0.05) is 25.9 Å². The molecule has 1 aromatic rings. The molecular formula is C13H19F2N3O4S. The second-order valence-electron chi connectivity index (χ2n) is 6.34. The molecule has 1 aliphatic heterocycles. The zero-order chi connectivity index (χ0) is 16.8. The molecular weight excluding hydrogens is 332 g/mol. The van der Waals surface area contributed by atoms with Gasteiger partial charge in [0.1, 0.15) is 0 Å². The van der Waals surface area contributed by atoms with Crippen molar-refractivity contribution in [1.82, 2.24) is 14.4 Å². The third-order valence-corrected chi connectivity index (χ3v) is 6.04. The number of halogens is 2. The van der Waals surface area contributed by atoms with Crippen LogP contribution in [0, 0.1) is 12.8 Å².